The van der Waals surface area contributed by atoms with E-state index in [0.717, 1.165) is 36.5 Å². The Balaban J connectivity index is 2.22. The van der Waals surface area contributed by atoms with E-state index in [1.54, 1.807) is 0 Å². The van der Waals surface area contributed by atoms with E-state index in [9.17, 15) is 0 Å². The van der Waals surface area contributed by atoms with Gasteiger partial charge in [0.05, 0.1) is 0 Å². The Morgan fingerprint density at radius 2 is 2.18 bits per heavy atom. The molecule has 2 rings (SSSR count). The molecule has 0 aliphatic heterocycles. The monoisotopic (exact) mass is 342 g/mol. The van der Waals surface area contributed by atoms with Gasteiger partial charge in [0.2, 0.25) is 0 Å². The van der Waals surface area contributed by atoms with E-state index in [-0.39, 0.29) is 0 Å². The molecule has 0 saturated heterocycles. The lowest BCUT2D eigenvalue weighted by molar-refractivity contribution is 0.569. The molecule has 0 amide bonds. The van der Waals surface area contributed by atoms with Crippen LogP contribution in [0.4, 0.5) is 0 Å². The number of hydrogen-bond acceptors (Lipinski definition) is 3. The van der Waals surface area contributed by atoms with E-state index in [1.165, 1.54) is 9.96 Å². The number of hydrogen-bond donors (Lipinski definition) is 1. The number of nitrogens with one attached hydrogen (secondary N) is 1. The van der Waals surface area contributed by atoms with Crippen molar-refractivity contribution in [1.29, 1.82) is 0 Å². The van der Waals surface area contributed by atoms with Gasteiger partial charge in [-0.2, -0.15) is 0 Å². The predicted molar refractivity (Wildman–Crippen MR) is 76.7 cm³/mol. The summed E-state index contributed by atoms with van der Waals surface area (Å²) in [5.41, 5.74) is 2.08. The van der Waals surface area contributed by atoms with Gasteiger partial charge in [-0.15, -0.1) is 0 Å². The molecular formula is C13H15IN2O. The fraction of sp³-hybridized carbons (Fsp3) is 0.308. The summed E-state index contributed by atoms with van der Waals surface area (Å²) in [5.74, 6) is 0.874. The number of oxazole rings is 1. The highest BCUT2D eigenvalue weighted by Gasteiger charge is 2.12. The van der Waals surface area contributed by atoms with Crippen molar-refractivity contribution in [3.63, 3.8) is 0 Å². The molecule has 0 radical (unpaired) electrons. The van der Waals surface area contributed by atoms with Gasteiger partial charge >= 0.3 is 0 Å². The van der Waals surface area contributed by atoms with E-state index < -0.39 is 0 Å². The summed E-state index contributed by atoms with van der Waals surface area (Å²) in [6, 6.07) is 8.17. The van der Waals surface area contributed by atoms with Gasteiger partial charge in [0, 0.05) is 15.7 Å². The summed E-state index contributed by atoms with van der Waals surface area (Å²) in [4.78, 5) is 4.27. The van der Waals surface area contributed by atoms with Crippen LogP contribution in [-0.4, -0.2) is 11.5 Å². The maximum absolute atomic E-state index is 5.51. The van der Waals surface area contributed by atoms with Crippen molar-refractivity contribution in [2.45, 2.75) is 19.9 Å². The molecule has 90 valence electrons. The number of benzene rings is 1. The lowest BCUT2D eigenvalue weighted by atomic mass is 10.1. The third kappa shape index (κ3) is 3.07. The molecule has 0 fully saturated rings. The van der Waals surface area contributed by atoms with E-state index in [2.05, 4.69) is 51.9 Å². The van der Waals surface area contributed by atoms with Crippen molar-refractivity contribution in [2.24, 2.45) is 0 Å². The zero-order chi connectivity index (χ0) is 12.1. The Morgan fingerprint density at radius 1 is 1.35 bits per heavy atom. The van der Waals surface area contributed by atoms with E-state index in [4.69, 9.17) is 4.42 Å². The number of halogens is 1. The third-order valence-electron chi connectivity index (χ3n) is 2.48. The maximum Gasteiger partial charge on any atom is 0.181 e. The van der Waals surface area contributed by atoms with Crippen LogP contribution in [0.3, 0.4) is 0 Å². The Kier molecular flexibility index (Phi) is 4.56. The molecule has 1 aromatic carbocycles. The van der Waals surface area contributed by atoms with Gasteiger partial charge < -0.3 is 9.73 Å². The number of nitrogens with zero attached hydrogens (tertiary/aromatic N) is 1. The maximum atomic E-state index is 5.51. The van der Waals surface area contributed by atoms with Crippen molar-refractivity contribution in [1.82, 2.24) is 10.3 Å². The Morgan fingerprint density at radius 3 is 2.94 bits per heavy atom. The summed E-state index contributed by atoms with van der Waals surface area (Å²) in [6.07, 6.45) is 2.64. The molecule has 1 N–H and O–H groups in total. The average Bonchev–Trinajstić information content (AvgIpc) is 2.78. The molecule has 0 atom stereocenters. The first-order valence-electron chi connectivity index (χ1n) is 5.71. The third-order valence-corrected chi connectivity index (χ3v) is 3.42. The predicted octanol–water partition coefficient (Wildman–Crippen LogP) is 3.45. The zero-order valence-electron chi connectivity index (χ0n) is 9.74. The first-order chi connectivity index (χ1) is 8.33. The van der Waals surface area contributed by atoms with Gasteiger partial charge in [-0.25, -0.2) is 4.98 Å². The summed E-state index contributed by atoms with van der Waals surface area (Å²) >= 11 is 2.32. The first kappa shape index (κ1) is 12.6. The highest BCUT2D eigenvalue weighted by atomic mass is 127. The molecule has 0 bridgehead atoms. The first-order valence-corrected chi connectivity index (χ1v) is 6.78. The van der Waals surface area contributed by atoms with Crippen molar-refractivity contribution >= 4 is 22.6 Å². The van der Waals surface area contributed by atoms with E-state index >= 15 is 0 Å². The zero-order valence-corrected chi connectivity index (χ0v) is 11.9. The Hall–Kier alpha value is -0.880. The lowest BCUT2D eigenvalue weighted by Gasteiger charge is -2.04. The summed E-state index contributed by atoms with van der Waals surface area (Å²) in [7, 11) is 0. The molecule has 4 heteroatoms. The molecule has 0 aliphatic carbocycles. The molecule has 0 aliphatic rings. The van der Waals surface area contributed by atoms with Gasteiger partial charge in [0.25, 0.3) is 0 Å². The van der Waals surface area contributed by atoms with Crippen LogP contribution < -0.4 is 5.32 Å². The molecule has 17 heavy (non-hydrogen) atoms. The number of rotatable bonds is 5. The smallest absolute Gasteiger partial charge is 0.181 e. The largest absolute Gasteiger partial charge is 0.443 e. The van der Waals surface area contributed by atoms with Crippen LogP contribution in [-0.2, 0) is 6.54 Å². The number of aromatic nitrogens is 1. The lowest BCUT2D eigenvalue weighted by Crippen LogP contribution is -2.14. The normalized spacial score (nSPS) is 10.7. The van der Waals surface area contributed by atoms with E-state index in [0.29, 0.717) is 0 Å². The van der Waals surface area contributed by atoms with Crippen LogP contribution in [0.2, 0.25) is 0 Å². The Labute approximate surface area is 115 Å². The molecular weight excluding hydrogens is 327 g/mol. The second kappa shape index (κ2) is 6.16. The second-order valence-corrected chi connectivity index (χ2v) is 4.95. The van der Waals surface area contributed by atoms with Gasteiger partial charge in [0.15, 0.2) is 12.2 Å². The summed E-state index contributed by atoms with van der Waals surface area (Å²) in [5, 5.41) is 3.34. The average molecular weight is 342 g/mol. The van der Waals surface area contributed by atoms with Crippen molar-refractivity contribution in [2.75, 3.05) is 6.54 Å². The molecule has 3 nitrogen and oxygen atoms in total. The van der Waals surface area contributed by atoms with Crippen molar-refractivity contribution in [3.8, 4) is 11.3 Å². The summed E-state index contributed by atoms with van der Waals surface area (Å²) < 4.78 is 6.69. The van der Waals surface area contributed by atoms with Crippen molar-refractivity contribution < 1.29 is 4.42 Å². The molecule has 0 spiro atoms. The van der Waals surface area contributed by atoms with Gasteiger partial charge in [-0.1, -0.05) is 25.1 Å². The molecule has 0 saturated carbocycles. The fourth-order valence-corrected chi connectivity index (χ4v) is 2.28. The standard InChI is InChI=1S/C13H15IN2O/c1-2-7-15-8-12-13(17-9-16-12)10-5-3-4-6-11(10)14/h3-6,9,15H,2,7-8H2,1H3. The molecule has 1 heterocycles. The Bertz CT molecular complexity index is 482. The molecule has 2 aromatic rings. The van der Waals surface area contributed by atoms with Crippen LogP contribution in [0.5, 0.6) is 0 Å². The molecule has 0 unspecified atom stereocenters. The van der Waals surface area contributed by atoms with Gasteiger partial charge in [-0.05, 0) is 41.6 Å². The fourth-order valence-electron chi connectivity index (χ4n) is 1.64. The highest BCUT2D eigenvalue weighted by Crippen LogP contribution is 2.27. The van der Waals surface area contributed by atoms with E-state index in [1.807, 2.05) is 12.1 Å². The van der Waals surface area contributed by atoms with Crippen LogP contribution in [0.15, 0.2) is 35.1 Å². The minimum atomic E-state index is 0.755. The van der Waals surface area contributed by atoms with Crippen LogP contribution >= 0.6 is 22.6 Å². The second-order valence-electron chi connectivity index (χ2n) is 3.78. The topological polar surface area (TPSA) is 38.1 Å². The molecule has 1 aromatic heterocycles. The van der Waals surface area contributed by atoms with Crippen LogP contribution in [0.1, 0.15) is 19.0 Å². The van der Waals surface area contributed by atoms with Crippen LogP contribution in [0, 0.1) is 3.57 Å². The summed E-state index contributed by atoms with van der Waals surface area (Å²) in [6.45, 7) is 3.90. The van der Waals surface area contributed by atoms with Crippen molar-refractivity contribution in [3.05, 3.63) is 39.9 Å². The van der Waals surface area contributed by atoms with Gasteiger partial charge in [0.1, 0.15) is 5.69 Å². The minimum absolute atomic E-state index is 0.755. The van der Waals surface area contributed by atoms with Gasteiger partial charge in [-0.3, -0.25) is 0 Å². The SMILES string of the molecule is CCCNCc1ncoc1-c1ccccc1I. The van der Waals surface area contributed by atoms with Crippen LogP contribution in [0.25, 0.3) is 11.3 Å². The minimum Gasteiger partial charge on any atom is -0.443 e. The highest BCUT2D eigenvalue weighted by molar-refractivity contribution is 14.1. The quantitative estimate of drug-likeness (QED) is 0.668.